The fourth-order valence-electron chi connectivity index (χ4n) is 2.66. The van der Waals surface area contributed by atoms with E-state index in [1.54, 1.807) is 18.2 Å². The molecule has 146 valence electrons. The first-order valence-electron chi connectivity index (χ1n) is 8.80. The Bertz CT molecular complexity index is 1000. The maximum absolute atomic E-state index is 12.7. The summed E-state index contributed by atoms with van der Waals surface area (Å²) >= 11 is 13.5. The van der Waals surface area contributed by atoms with E-state index in [0.29, 0.717) is 32.9 Å². The van der Waals surface area contributed by atoms with Crippen molar-refractivity contribution >= 4 is 45.6 Å². The van der Waals surface area contributed by atoms with Crippen LogP contribution in [0, 0.1) is 6.92 Å². The average molecular weight is 435 g/mol. The Morgan fingerprint density at radius 2 is 1.93 bits per heavy atom. The van der Waals surface area contributed by atoms with E-state index in [1.165, 1.54) is 11.3 Å². The Morgan fingerprint density at radius 1 is 1.18 bits per heavy atom. The van der Waals surface area contributed by atoms with Gasteiger partial charge in [-0.1, -0.05) is 41.4 Å². The summed E-state index contributed by atoms with van der Waals surface area (Å²) in [4.78, 5) is 18.3. The lowest BCUT2D eigenvalue weighted by molar-refractivity contribution is 0.102. The Balaban J connectivity index is 1.76. The van der Waals surface area contributed by atoms with Gasteiger partial charge in [-0.2, -0.15) is 0 Å². The van der Waals surface area contributed by atoms with Crippen molar-refractivity contribution in [1.29, 1.82) is 0 Å². The minimum atomic E-state index is -0.244. The number of nitrogens with one attached hydrogen (secondary N) is 1. The highest BCUT2D eigenvalue weighted by atomic mass is 35.5. The molecule has 0 saturated carbocycles. The van der Waals surface area contributed by atoms with Crippen LogP contribution in [0.2, 0.25) is 10.0 Å². The van der Waals surface area contributed by atoms with Crippen LogP contribution in [-0.2, 0) is 6.42 Å². The molecule has 2 aromatic carbocycles. The highest BCUT2D eigenvalue weighted by Crippen LogP contribution is 2.29. The summed E-state index contributed by atoms with van der Waals surface area (Å²) in [5.74, 6) is 0.311. The maximum atomic E-state index is 12.7. The topological polar surface area (TPSA) is 51.2 Å². The fraction of sp³-hybridized carbons (Fsp3) is 0.238. The molecule has 1 heterocycles. The summed E-state index contributed by atoms with van der Waals surface area (Å²) in [5.41, 5.74) is 2.39. The normalized spacial score (nSPS) is 10.9. The predicted octanol–water partition coefficient (Wildman–Crippen LogP) is 6.39. The molecule has 0 radical (unpaired) electrons. The minimum Gasteiger partial charge on any atom is -0.490 e. The van der Waals surface area contributed by atoms with Crippen LogP contribution < -0.4 is 10.1 Å². The van der Waals surface area contributed by atoms with E-state index in [0.717, 1.165) is 16.1 Å². The van der Waals surface area contributed by atoms with Crippen molar-refractivity contribution in [2.75, 3.05) is 5.32 Å². The SMILES string of the molecule is Cc1nc(NC(=O)c2ccccc2OC(C)C)sc1Cc1ccc(Cl)c(Cl)c1. The zero-order valence-electron chi connectivity index (χ0n) is 15.8. The first-order chi connectivity index (χ1) is 13.3. The van der Waals surface area contributed by atoms with Gasteiger partial charge in [-0.05, 0) is 50.6 Å². The third-order valence-corrected chi connectivity index (χ3v) is 5.77. The molecule has 1 amide bonds. The number of carbonyl (C=O) groups excluding carboxylic acids is 1. The molecule has 28 heavy (non-hydrogen) atoms. The number of anilines is 1. The summed E-state index contributed by atoms with van der Waals surface area (Å²) in [6, 6.07) is 12.8. The number of para-hydroxylation sites is 1. The van der Waals surface area contributed by atoms with Crippen molar-refractivity contribution in [1.82, 2.24) is 4.98 Å². The van der Waals surface area contributed by atoms with Gasteiger partial charge in [-0.25, -0.2) is 4.98 Å². The van der Waals surface area contributed by atoms with E-state index in [4.69, 9.17) is 27.9 Å². The van der Waals surface area contributed by atoms with E-state index in [9.17, 15) is 4.79 Å². The third kappa shape index (κ3) is 5.04. The second kappa shape index (κ2) is 8.95. The zero-order valence-corrected chi connectivity index (χ0v) is 18.1. The minimum absolute atomic E-state index is 0.0196. The molecule has 0 fully saturated rings. The van der Waals surface area contributed by atoms with Crippen molar-refractivity contribution < 1.29 is 9.53 Å². The van der Waals surface area contributed by atoms with Gasteiger partial charge in [0, 0.05) is 11.3 Å². The molecule has 0 saturated heterocycles. The number of carbonyl (C=O) groups is 1. The Kier molecular flexibility index (Phi) is 6.60. The molecule has 3 rings (SSSR count). The molecule has 0 atom stereocenters. The number of nitrogens with zero attached hydrogens (tertiary/aromatic N) is 1. The summed E-state index contributed by atoms with van der Waals surface area (Å²) in [7, 11) is 0. The zero-order chi connectivity index (χ0) is 20.3. The van der Waals surface area contributed by atoms with Crippen LogP contribution in [0.4, 0.5) is 5.13 Å². The van der Waals surface area contributed by atoms with Crippen molar-refractivity contribution in [3.05, 3.63) is 74.2 Å². The number of amides is 1. The average Bonchev–Trinajstić information content (AvgIpc) is 2.97. The number of aromatic nitrogens is 1. The monoisotopic (exact) mass is 434 g/mol. The van der Waals surface area contributed by atoms with Crippen LogP contribution in [0.15, 0.2) is 42.5 Å². The fourth-order valence-corrected chi connectivity index (χ4v) is 3.97. The van der Waals surface area contributed by atoms with E-state index in [2.05, 4.69) is 10.3 Å². The molecule has 7 heteroatoms. The molecule has 0 aliphatic rings. The first kappa shape index (κ1) is 20.6. The van der Waals surface area contributed by atoms with Crippen LogP contribution in [0.1, 0.15) is 40.3 Å². The van der Waals surface area contributed by atoms with E-state index in [1.807, 2.05) is 45.0 Å². The molecule has 0 unspecified atom stereocenters. The number of ether oxygens (including phenoxy) is 1. The van der Waals surface area contributed by atoms with Gasteiger partial charge < -0.3 is 4.74 Å². The molecule has 1 N–H and O–H groups in total. The van der Waals surface area contributed by atoms with Crippen LogP contribution in [0.3, 0.4) is 0 Å². The molecule has 4 nitrogen and oxygen atoms in total. The van der Waals surface area contributed by atoms with Crippen molar-refractivity contribution in [2.24, 2.45) is 0 Å². The first-order valence-corrected chi connectivity index (χ1v) is 10.4. The van der Waals surface area contributed by atoms with E-state index in [-0.39, 0.29) is 12.0 Å². The van der Waals surface area contributed by atoms with Crippen LogP contribution in [0.5, 0.6) is 5.75 Å². The summed E-state index contributed by atoms with van der Waals surface area (Å²) < 4.78 is 5.73. The highest BCUT2D eigenvalue weighted by Gasteiger charge is 2.16. The summed E-state index contributed by atoms with van der Waals surface area (Å²) in [6.07, 6.45) is 0.650. The van der Waals surface area contributed by atoms with Gasteiger partial charge in [-0.3, -0.25) is 10.1 Å². The number of benzene rings is 2. The van der Waals surface area contributed by atoms with Gasteiger partial charge in [0.1, 0.15) is 5.75 Å². The van der Waals surface area contributed by atoms with Gasteiger partial charge in [0.15, 0.2) is 5.13 Å². The lowest BCUT2D eigenvalue weighted by Crippen LogP contribution is -2.15. The van der Waals surface area contributed by atoms with Crippen molar-refractivity contribution in [2.45, 2.75) is 33.3 Å². The third-order valence-electron chi connectivity index (χ3n) is 3.96. The highest BCUT2D eigenvalue weighted by molar-refractivity contribution is 7.15. The van der Waals surface area contributed by atoms with Gasteiger partial charge in [0.05, 0.1) is 27.4 Å². The number of halogens is 2. The lowest BCUT2D eigenvalue weighted by atomic mass is 10.1. The Labute approximate surface area is 178 Å². The largest absolute Gasteiger partial charge is 0.490 e. The van der Waals surface area contributed by atoms with Crippen LogP contribution in [0.25, 0.3) is 0 Å². The van der Waals surface area contributed by atoms with Gasteiger partial charge in [0.25, 0.3) is 5.91 Å². The molecule has 1 aromatic heterocycles. The summed E-state index contributed by atoms with van der Waals surface area (Å²) in [6.45, 7) is 5.77. The number of thiazole rings is 1. The second-order valence-corrected chi connectivity index (χ2v) is 8.47. The van der Waals surface area contributed by atoms with E-state index < -0.39 is 0 Å². The summed E-state index contributed by atoms with van der Waals surface area (Å²) in [5, 5.41) is 4.49. The molecular weight excluding hydrogens is 415 g/mol. The van der Waals surface area contributed by atoms with Gasteiger partial charge in [-0.15, -0.1) is 11.3 Å². The quantitative estimate of drug-likeness (QED) is 0.488. The molecular formula is C21H20Cl2N2O2S. The molecule has 3 aromatic rings. The predicted molar refractivity (Wildman–Crippen MR) is 116 cm³/mol. The molecule has 0 bridgehead atoms. The molecule has 0 aliphatic heterocycles. The Morgan fingerprint density at radius 3 is 2.64 bits per heavy atom. The number of aryl methyl sites for hydroxylation is 1. The maximum Gasteiger partial charge on any atom is 0.261 e. The number of hydrogen-bond donors (Lipinski definition) is 1. The van der Waals surface area contributed by atoms with Gasteiger partial charge >= 0.3 is 0 Å². The van der Waals surface area contributed by atoms with Crippen molar-refractivity contribution in [3.63, 3.8) is 0 Å². The standard InChI is InChI=1S/C21H20Cl2N2O2S/c1-12(2)27-18-7-5-4-6-15(18)20(26)25-21-24-13(3)19(28-21)11-14-8-9-16(22)17(23)10-14/h4-10,12H,11H2,1-3H3,(H,24,25,26). The smallest absolute Gasteiger partial charge is 0.261 e. The molecule has 0 spiro atoms. The molecule has 0 aliphatic carbocycles. The van der Waals surface area contributed by atoms with Crippen LogP contribution in [-0.4, -0.2) is 17.0 Å². The lowest BCUT2D eigenvalue weighted by Gasteiger charge is -2.13. The van der Waals surface area contributed by atoms with Crippen molar-refractivity contribution in [3.8, 4) is 5.75 Å². The Hall–Kier alpha value is -2.08. The second-order valence-electron chi connectivity index (χ2n) is 6.57. The van der Waals surface area contributed by atoms with Gasteiger partial charge in [0.2, 0.25) is 0 Å². The van der Waals surface area contributed by atoms with E-state index >= 15 is 0 Å². The van der Waals surface area contributed by atoms with Crippen LogP contribution >= 0.6 is 34.5 Å². The number of hydrogen-bond acceptors (Lipinski definition) is 4. The number of rotatable bonds is 6.